The molecule has 1 aromatic heterocycles. The van der Waals surface area contributed by atoms with E-state index in [0.717, 1.165) is 6.42 Å². The standard InChI is InChI=1S/C11H18N4O2/c1-8-10(2-5-17-8)11(16)13-3-4-15-7-9(12)6-14-15/h6-8,10H,2-5,12H2,1H3,(H,13,16). The predicted octanol–water partition coefficient (Wildman–Crippen LogP) is 0.00650. The van der Waals surface area contributed by atoms with E-state index in [0.29, 0.717) is 25.4 Å². The molecule has 6 heteroatoms. The fourth-order valence-electron chi connectivity index (χ4n) is 2.00. The van der Waals surface area contributed by atoms with Crippen LogP contribution in [0.5, 0.6) is 0 Å². The van der Waals surface area contributed by atoms with Crippen LogP contribution in [0, 0.1) is 5.92 Å². The molecule has 6 nitrogen and oxygen atoms in total. The number of hydrogen-bond donors (Lipinski definition) is 2. The van der Waals surface area contributed by atoms with Crippen molar-refractivity contribution in [3.8, 4) is 0 Å². The molecule has 0 radical (unpaired) electrons. The molecule has 0 bridgehead atoms. The van der Waals surface area contributed by atoms with E-state index >= 15 is 0 Å². The summed E-state index contributed by atoms with van der Waals surface area (Å²) in [6.45, 7) is 3.80. The third kappa shape index (κ3) is 2.97. The highest BCUT2D eigenvalue weighted by molar-refractivity contribution is 5.79. The van der Waals surface area contributed by atoms with E-state index in [4.69, 9.17) is 10.5 Å². The van der Waals surface area contributed by atoms with Crippen molar-refractivity contribution in [2.24, 2.45) is 5.92 Å². The number of hydrogen-bond acceptors (Lipinski definition) is 4. The van der Waals surface area contributed by atoms with Crippen LogP contribution in [0.25, 0.3) is 0 Å². The molecule has 2 heterocycles. The van der Waals surface area contributed by atoms with Crippen LogP contribution >= 0.6 is 0 Å². The second kappa shape index (κ2) is 5.18. The Morgan fingerprint density at radius 1 is 1.76 bits per heavy atom. The summed E-state index contributed by atoms with van der Waals surface area (Å²) in [7, 11) is 0. The molecule has 2 rings (SSSR count). The summed E-state index contributed by atoms with van der Waals surface area (Å²) in [4.78, 5) is 11.8. The molecule has 2 unspecified atom stereocenters. The molecule has 1 saturated heterocycles. The van der Waals surface area contributed by atoms with E-state index in [9.17, 15) is 4.79 Å². The molecule has 3 N–H and O–H groups in total. The molecule has 0 aliphatic carbocycles. The van der Waals surface area contributed by atoms with E-state index in [1.807, 2.05) is 6.92 Å². The number of nitrogens with zero attached hydrogens (tertiary/aromatic N) is 2. The summed E-state index contributed by atoms with van der Waals surface area (Å²) in [5.41, 5.74) is 6.17. The maximum Gasteiger partial charge on any atom is 0.225 e. The Bertz CT molecular complexity index is 391. The highest BCUT2D eigenvalue weighted by Crippen LogP contribution is 2.20. The minimum absolute atomic E-state index is 0.0160. The second-order valence-electron chi connectivity index (χ2n) is 4.30. The van der Waals surface area contributed by atoms with Gasteiger partial charge >= 0.3 is 0 Å². The lowest BCUT2D eigenvalue weighted by molar-refractivity contribution is -0.126. The topological polar surface area (TPSA) is 82.2 Å². The number of amides is 1. The third-order valence-electron chi connectivity index (χ3n) is 3.01. The van der Waals surface area contributed by atoms with Crippen molar-refractivity contribution in [3.05, 3.63) is 12.4 Å². The summed E-state index contributed by atoms with van der Waals surface area (Å²) in [6.07, 6.45) is 4.17. The number of anilines is 1. The van der Waals surface area contributed by atoms with Crippen LogP contribution in [0.3, 0.4) is 0 Å². The van der Waals surface area contributed by atoms with Crippen molar-refractivity contribution in [1.82, 2.24) is 15.1 Å². The minimum Gasteiger partial charge on any atom is -0.396 e. The zero-order valence-electron chi connectivity index (χ0n) is 9.93. The largest absolute Gasteiger partial charge is 0.396 e. The average molecular weight is 238 g/mol. The van der Waals surface area contributed by atoms with Crippen LogP contribution in [0.2, 0.25) is 0 Å². The van der Waals surface area contributed by atoms with Crippen LogP contribution in [0.1, 0.15) is 13.3 Å². The van der Waals surface area contributed by atoms with Crippen molar-refractivity contribution in [2.45, 2.75) is 26.0 Å². The number of carbonyl (C=O) groups is 1. The SMILES string of the molecule is CC1OCCC1C(=O)NCCn1cc(N)cn1. The van der Waals surface area contributed by atoms with Gasteiger partial charge in [-0.3, -0.25) is 9.48 Å². The first kappa shape index (κ1) is 11.9. The first-order valence-corrected chi connectivity index (χ1v) is 5.84. The molecule has 1 aliphatic rings. The van der Waals surface area contributed by atoms with Gasteiger partial charge in [0.05, 0.1) is 30.5 Å². The van der Waals surface area contributed by atoms with Gasteiger partial charge in [-0.15, -0.1) is 0 Å². The third-order valence-corrected chi connectivity index (χ3v) is 3.01. The van der Waals surface area contributed by atoms with Crippen molar-refractivity contribution in [3.63, 3.8) is 0 Å². The normalized spacial score (nSPS) is 23.8. The van der Waals surface area contributed by atoms with E-state index < -0.39 is 0 Å². The zero-order valence-corrected chi connectivity index (χ0v) is 9.93. The first-order valence-electron chi connectivity index (χ1n) is 5.84. The van der Waals surface area contributed by atoms with E-state index in [1.165, 1.54) is 0 Å². The van der Waals surface area contributed by atoms with E-state index in [2.05, 4.69) is 10.4 Å². The van der Waals surface area contributed by atoms with Gasteiger partial charge in [0.25, 0.3) is 0 Å². The predicted molar refractivity (Wildman–Crippen MR) is 63.2 cm³/mol. The van der Waals surface area contributed by atoms with Crippen molar-refractivity contribution in [2.75, 3.05) is 18.9 Å². The number of aromatic nitrogens is 2. The Labute approximate surface area is 100 Å². The van der Waals surface area contributed by atoms with Crippen LogP contribution < -0.4 is 11.1 Å². The molecule has 0 spiro atoms. The monoisotopic (exact) mass is 238 g/mol. The van der Waals surface area contributed by atoms with Crippen molar-refractivity contribution >= 4 is 11.6 Å². The Balaban J connectivity index is 1.73. The van der Waals surface area contributed by atoms with Crippen LogP contribution in [0.4, 0.5) is 5.69 Å². The van der Waals surface area contributed by atoms with Gasteiger partial charge in [-0.05, 0) is 13.3 Å². The number of ether oxygens (including phenoxy) is 1. The minimum atomic E-state index is -0.0160. The van der Waals surface area contributed by atoms with Gasteiger partial charge in [-0.1, -0.05) is 0 Å². The van der Waals surface area contributed by atoms with Gasteiger partial charge < -0.3 is 15.8 Å². The van der Waals surface area contributed by atoms with Gasteiger partial charge in [0, 0.05) is 19.3 Å². The molecule has 94 valence electrons. The quantitative estimate of drug-likeness (QED) is 0.774. The average Bonchev–Trinajstić information content (AvgIpc) is 2.87. The van der Waals surface area contributed by atoms with Crippen LogP contribution in [-0.2, 0) is 16.1 Å². The lowest BCUT2D eigenvalue weighted by Gasteiger charge is -2.13. The lowest BCUT2D eigenvalue weighted by atomic mass is 10.0. The summed E-state index contributed by atoms with van der Waals surface area (Å²) < 4.78 is 7.07. The number of nitrogen functional groups attached to an aromatic ring is 1. The van der Waals surface area contributed by atoms with Crippen LogP contribution in [-0.4, -0.2) is 34.9 Å². The van der Waals surface area contributed by atoms with Gasteiger partial charge in [-0.2, -0.15) is 5.10 Å². The van der Waals surface area contributed by atoms with E-state index in [1.54, 1.807) is 17.1 Å². The number of rotatable bonds is 4. The van der Waals surface area contributed by atoms with Crippen molar-refractivity contribution in [1.29, 1.82) is 0 Å². The fraction of sp³-hybridized carbons (Fsp3) is 0.636. The Kier molecular flexibility index (Phi) is 3.63. The molecule has 1 amide bonds. The highest BCUT2D eigenvalue weighted by atomic mass is 16.5. The number of carbonyl (C=O) groups excluding carboxylic acids is 1. The Morgan fingerprint density at radius 3 is 3.18 bits per heavy atom. The van der Waals surface area contributed by atoms with E-state index in [-0.39, 0.29) is 17.9 Å². The Hall–Kier alpha value is -1.56. The molecule has 17 heavy (non-hydrogen) atoms. The molecule has 1 aromatic rings. The summed E-state index contributed by atoms with van der Waals surface area (Å²) in [6, 6.07) is 0. The lowest BCUT2D eigenvalue weighted by Crippen LogP contribution is -2.36. The number of nitrogens with two attached hydrogens (primary N) is 1. The molecular formula is C11H18N4O2. The first-order chi connectivity index (χ1) is 8.16. The maximum atomic E-state index is 11.8. The molecule has 1 aliphatic heterocycles. The zero-order chi connectivity index (χ0) is 12.3. The Morgan fingerprint density at radius 2 is 2.59 bits per heavy atom. The molecule has 1 fully saturated rings. The van der Waals surface area contributed by atoms with Crippen LogP contribution in [0.15, 0.2) is 12.4 Å². The second-order valence-corrected chi connectivity index (χ2v) is 4.30. The van der Waals surface area contributed by atoms with Gasteiger partial charge in [0.15, 0.2) is 0 Å². The summed E-state index contributed by atoms with van der Waals surface area (Å²) in [5, 5.41) is 6.93. The van der Waals surface area contributed by atoms with Crippen molar-refractivity contribution < 1.29 is 9.53 Å². The summed E-state index contributed by atoms with van der Waals surface area (Å²) >= 11 is 0. The maximum absolute atomic E-state index is 11.8. The van der Waals surface area contributed by atoms with Gasteiger partial charge in [0.2, 0.25) is 5.91 Å². The molecule has 0 aromatic carbocycles. The highest BCUT2D eigenvalue weighted by Gasteiger charge is 2.30. The van der Waals surface area contributed by atoms with Gasteiger partial charge in [0.1, 0.15) is 0 Å². The molecular weight excluding hydrogens is 220 g/mol. The molecule has 2 atom stereocenters. The van der Waals surface area contributed by atoms with Gasteiger partial charge in [-0.25, -0.2) is 0 Å². The summed E-state index contributed by atoms with van der Waals surface area (Å²) in [5.74, 6) is 0.0489. The smallest absolute Gasteiger partial charge is 0.225 e. The molecule has 0 saturated carbocycles. The fourth-order valence-corrected chi connectivity index (χ4v) is 2.00. The number of nitrogens with one attached hydrogen (secondary N) is 1.